The van der Waals surface area contributed by atoms with Gasteiger partial charge < -0.3 is 5.32 Å². The van der Waals surface area contributed by atoms with E-state index in [0.717, 1.165) is 11.4 Å². The first-order valence-electron chi connectivity index (χ1n) is 2.97. The van der Waals surface area contributed by atoms with Gasteiger partial charge in [-0.05, 0) is 12.8 Å². The molecule has 1 N–H and O–H groups in total. The summed E-state index contributed by atoms with van der Waals surface area (Å²) in [7, 11) is 1.83. The predicted octanol–water partition coefficient (Wildman–Crippen LogP) is 1.46. The monoisotopic (exact) mass is 135 g/mol. The number of aromatic nitrogens is 1. The van der Waals surface area contributed by atoms with Crippen molar-refractivity contribution >= 4 is 18.1 Å². The van der Waals surface area contributed by atoms with Crippen LogP contribution in [-0.2, 0) is 0 Å². The van der Waals surface area contributed by atoms with Crippen LogP contribution >= 0.6 is 0 Å². The molecule has 0 spiro atoms. The molecule has 1 heterocycles. The molecule has 0 aromatic carbocycles. The molecule has 0 aliphatic rings. The third-order valence-electron chi connectivity index (χ3n) is 1.24. The smallest absolute Gasteiger partial charge is 0.0884 e. The second-order valence-electron chi connectivity index (χ2n) is 1.80. The number of hydrogen-bond donors (Lipinski definition) is 1. The molecule has 52 valence electrons. The number of rotatable bonds is 2. The Kier molecular flexibility index (Phi) is 1.99. The van der Waals surface area contributed by atoms with Gasteiger partial charge in [0.05, 0.1) is 17.6 Å². The maximum absolute atomic E-state index is 3.91. The van der Waals surface area contributed by atoms with Gasteiger partial charge in [0.15, 0.2) is 0 Å². The van der Waals surface area contributed by atoms with Gasteiger partial charge >= 0.3 is 0 Å². The van der Waals surface area contributed by atoms with Crippen molar-refractivity contribution in [3.05, 3.63) is 18.5 Å². The lowest BCUT2D eigenvalue weighted by atomic mass is 10.3. The molecule has 0 radical (unpaired) electrons. The van der Waals surface area contributed by atoms with Crippen molar-refractivity contribution in [1.82, 2.24) is 4.98 Å². The average Bonchev–Trinajstić information content (AvgIpc) is 2.04. The third kappa shape index (κ3) is 1.13. The van der Waals surface area contributed by atoms with Crippen LogP contribution in [0.4, 0.5) is 11.4 Å². The summed E-state index contributed by atoms with van der Waals surface area (Å²) >= 11 is 0. The van der Waals surface area contributed by atoms with E-state index in [1.54, 1.807) is 18.5 Å². The maximum Gasteiger partial charge on any atom is 0.0884 e. The van der Waals surface area contributed by atoms with Crippen LogP contribution in [0.1, 0.15) is 0 Å². The fourth-order valence-electron chi connectivity index (χ4n) is 0.718. The Bertz CT molecular complexity index is 232. The van der Waals surface area contributed by atoms with Crippen molar-refractivity contribution in [2.24, 2.45) is 4.99 Å². The number of nitrogens with zero attached hydrogens (tertiary/aromatic N) is 2. The zero-order chi connectivity index (χ0) is 7.40. The van der Waals surface area contributed by atoms with Crippen molar-refractivity contribution in [3.63, 3.8) is 0 Å². The lowest BCUT2D eigenvalue weighted by Gasteiger charge is -2.00. The summed E-state index contributed by atoms with van der Waals surface area (Å²) in [5, 5.41) is 2.95. The van der Waals surface area contributed by atoms with E-state index in [1.165, 1.54) is 0 Å². The molecule has 3 heteroatoms. The lowest BCUT2D eigenvalue weighted by molar-refractivity contribution is 1.30. The lowest BCUT2D eigenvalue weighted by Crippen LogP contribution is -1.88. The van der Waals surface area contributed by atoms with Gasteiger partial charge in [-0.25, -0.2) is 0 Å². The molecular formula is C7H9N3. The molecule has 0 unspecified atom stereocenters. The number of hydrogen-bond acceptors (Lipinski definition) is 3. The summed E-state index contributed by atoms with van der Waals surface area (Å²) in [4.78, 5) is 7.70. The van der Waals surface area contributed by atoms with Crippen LogP contribution in [0.25, 0.3) is 0 Å². The SMILES string of the molecule is C=Nc1ccncc1NC. The molecule has 1 aromatic rings. The normalized spacial score (nSPS) is 8.90. The van der Waals surface area contributed by atoms with Gasteiger partial charge in [0.2, 0.25) is 0 Å². The second-order valence-corrected chi connectivity index (χ2v) is 1.80. The molecule has 0 bridgehead atoms. The molecular weight excluding hydrogens is 126 g/mol. The molecule has 1 aromatic heterocycles. The summed E-state index contributed by atoms with van der Waals surface area (Å²) in [6.07, 6.45) is 3.40. The molecule has 0 amide bonds. The second kappa shape index (κ2) is 2.96. The van der Waals surface area contributed by atoms with Crippen LogP contribution in [0.2, 0.25) is 0 Å². The molecule has 0 aliphatic carbocycles. The molecule has 0 atom stereocenters. The summed E-state index contributed by atoms with van der Waals surface area (Å²) < 4.78 is 0. The highest BCUT2D eigenvalue weighted by Gasteiger charge is 1.93. The van der Waals surface area contributed by atoms with Crippen LogP contribution in [-0.4, -0.2) is 18.7 Å². The quantitative estimate of drug-likeness (QED) is 0.623. The molecule has 1 rings (SSSR count). The van der Waals surface area contributed by atoms with E-state index >= 15 is 0 Å². The van der Waals surface area contributed by atoms with E-state index in [0.29, 0.717) is 0 Å². The van der Waals surface area contributed by atoms with E-state index < -0.39 is 0 Å². The zero-order valence-electron chi connectivity index (χ0n) is 5.83. The third-order valence-corrected chi connectivity index (χ3v) is 1.24. The first-order chi connectivity index (χ1) is 4.88. The van der Waals surface area contributed by atoms with Gasteiger partial charge in [-0.1, -0.05) is 0 Å². The molecule has 0 fully saturated rings. The Balaban J connectivity index is 3.08. The van der Waals surface area contributed by atoms with E-state index in [2.05, 4.69) is 22.0 Å². The minimum Gasteiger partial charge on any atom is -0.385 e. The fraction of sp³-hybridized carbons (Fsp3) is 0.143. The minimum absolute atomic E-state index is 0.831. The topological polar surface area (TPSA) is 37.3 Å². The van der Waals surface area contributed by atoms with E-state index in [4.69, 9.17) is 0 Å². The van der Waals surface area contributed by atoms with Crippen LogP contribution in [0.3, 0.4) is 0 Å². The van der Waals surface area contributed by atoms with Gasteiger partial charge in [0, 0.05) is 13.2 Å². The number of anilines is 1. The van der Waals surface area contributed by atoms with Crippen LogP contribution in [0.5, 0.6) is 0 Å². The molecule has 0 saturated carbocycles. The minimum atomic E-state index is 0.831. The van der Waals surface area contributed by atoms with Crippen molar-refractivity contribution in [2.45, 2.75) is 0 Å². The summed E-state index contributed by atoms with van der Waals surface area (Å²) in [6, 6.07) is 1.80. The van der Waals surface area contributed by atoms with E-state index in [1.807, 2.05) is 7.05 Å². The maximum atomic E-state index is 3.91. The highest BCUT2D eigenvalue weighted by atomic mass is 14.9. The predicted molar refractivity (Wildman–Crippen MR) is 43.0 cm³/mol. The molecule has 0 aliphatic heterocycles. The Morgan fingerprint density at radius 1 is 1.70 bits per heavy atom. The number of pyridine rings is 1. The number of nitrogens with one attached hydrogen (secondary N) is 1. The summed E-state index contributed by atoms with van der Waals surface area (Å²) in [5.74, 6) is 0. The summed E-state index contributed by atoms with van der Waals surface area (Å²) in [6.45, 7) is 3.42. The van der Waals surface area contributed by atoms with Crippen LogP contribution in [0, 0.1) is 0 Å². The molecule has 10 heavy (non-hydrogen) atoms. The van der Waals surface area contributed by atoms with Gasteiger partial charge in [-0.15, -0.1) is 0 Å². The largest absolute Gasteiger partial charge is 0.385 e. The fourth-order valence-corrected chi connectivity index (χ4v) is 0.718. The van der Waals surface area contributed by atoms with Gasteiger partial charge in [-0.3, -0.25) is 9.98 Å². The van der Waals surface area contributed by atoms with Crippen LogP contribution in [0.15, 0.2) is 23.5 Å². The van der Waals surface area contributed by atoms with Gasteiger partial charge in [0.1, 0.15) is 0 Å². The van der Waals surface area contributed by atoms with Crippen molar-refractivity contribution in [1.29, 1.82) is 0 Å². The Labute approximate surface area is 59.8 Å². The Morgan fingerprint density at radius 3 is 3.00 bits per heavy atom. The van der Waals surface area contributed by atoms with Gasteiger partial charge in [0.25, 0.3) is 0 Å². The molecule has 3 nitrogen and oxygen atoms in total. The average molecular weight is 135 g/mol. The van der Waals surface area contributed by atoms with E-state index in [9.17, 15) is 0 Å². The highest BCUT2D eigenvalue weighted by Crippen LogP contribution is 2.20. The van der Waals surface area contributed by atoms with E-state index in [-0.39, 0.29) is 0 Å². The first-order valence-corrected chi connectivity index (χ1v) is 2.97. The number of aliphatic imine (C=N–C) groups is 1. The first kappa shape index (κ1) is 6.74. The zero-order valence-corrected chi connectivity index (χ0v) is 5.83. The molecule has 0 saturated heterocycles. The summed E-state index contributed by atoms with van der Waals surface area (Å²) in [5.41, 5.74) is 1.73. The highest BCUT2D eigenvalue weighted by molar-refractivity contribution is 5.65. The standard InChI is InChI=1S/C7H9N3/c1-8-6-3-4-10-5-7(6)9-2/h3-5,9H,1H2,2H3. The Hall–Kier alpha value is -1.38. The van der Waals surface area contributed by atoms with Crippen molar-refractivity contribution in [2.75, 3.05) is 12.4 Å². The van der Waals surface area contributed by atoms with Crippen molar-refractivity contribution in [3.8, 4) is 0 Å². The van der Waals surface area contributed by atoms with Gasteiger partial charge in [-0.2, -0.15) is 0 Å². The Morgan fingerprint density at radius 2 is 2.50 bits per heavy atom. The van der Waals surface area contributed by atoms with Crippen molar-refractivity contribution < 1.29 is 0 Å². The van der Waals surface area contributed by atoms with Crippen LogP contribution < -0.4 is 5.32 Å².